The molecule has 0 saturated heterocycles. The van der Waals surface area contributed by atoms with Gasteiger partial charge in [-0.2, -0.15) is 0 Å². The number of benzene rings is 2. The summed E-state index contributed by atoms with van der Waals surface area (Å²) in [6, 6.07) is 15.7. The van der Waals surface area contributed by atoms with Gasteiger partial charge in [-0.05, 0) is 62.4 Å². The van der Waals surface area contributed by atoms with Gasteiger partial charge in [0.25, 0.3) is 5.91 Å². The van der Waals surface area contributed by atoms with E-state index >= 15 is 0 Å². The van der Waals surface area contributed by atoms with Gasteiger partial charge in [0.15, 0.2) is 0 Å². The number of fused-ring (bicyclic) bond motifs is 1. The van der Waals surface area contributed by atoms with Gasteiger partial charge >= 0.3 is 5.97 Å². The van der Waals surface area contributed by atoms with Crippen LogP contribution < -0.4 is 20.7 Å². The summed E-state index contributed by atoms with van der Waals surface area (Å²) in [6.07, 6.45) is 1.65. The molecule has 0 spiro atoms. The number of amidine groups is 1. The summed E-state index contributed by atoms with van der Waals surface area (Å²) in [5.74, 6) is 1.04. The number of carbonyl (C=O) groups excluding carboxylic acids is 2. The Bertz CT molecular complexity index is 1540. The maximum absolute atomic E-state index is 13.6. The van der Waals surface area contributed by atoms with E-state index in [1.54, 1.807) is 62.7 Å². The third kappa shape index (κ3) is 6.93. The van der Waals surface area contributed by atoms with Gasteiger partial charge in [-0.15, -0.1) is 12.4 Å². The van der Waals surface area contributed by atoms with Crippen molar-refractivity contribution < 1.29 is 19.1 Å². The molecule has 4 rings (SSSR count). The molecular formula is C29H34ClN7O4. The molecular weight excluding hydrogens is 546 g/mol. The Morgan fingerprint density at radius 2 is 1.90 bits per heavy atom. The molecule has 0 saturated carbocycles. The molecule has 2 heterocycles. The van der Waals surface area contributed by atoms with Crippen molar-refractivity contribution in [2.75, 3.05) is 30.5 Å². The summed E-state index contributed by atoms with van der Waals surface area (Å²) < 4.78 is 12.5. The average molecular weight is 580 g/mol. The number of pyridine rings is 1. The van der Waals surface area contributed by atoms with Gasteiger partial charge in [-0.3, -0.25) is 19.9 Å². The zero-order valence-electron chi connectivity index (χ0n) is 23.4. The summed E-state index contributed by atoms with van der Waals surface area (Å²) >= 11 is 0. The lowest BCUT2D eigenvalue weighted by Crippen LogP contribution is -2.34. The first-order valence-corrected chi connectivity index (χ1v) is 12.9. The van der Waals surface area contributed by atoms with Gasteiger partial charge in [0, 0.05) is 30.9 Å². The number of anilines is 2. The van der Waals surface area contributed by atoms with Crippen molar-refractivity contribution in [3.63, 3.8) is 0 Å². The Balaban J connectivity index is 0.00000462. The largest absolute Gasteiger partial charge is 0.495 e. The Morgan fingerprint density at radius 3 is 2.56 bits per heavy atom. The normalized spacial score (nSPS) is 11.3. The molecule has 2 aromatic heterocycles. The second kappa shape index (κ2) is 13.6. The molecule has 4 N–H and O–H groups in total. The minimum absolute atomic E-state index is 0. The summed E-state index contributed by atoms with van der Waals surface area (Å²) in [5.41, 5.74) is 8.85. The molecule has 0 aliphatic heterocycles. The predicted octanol–water partition coefficient (Wildman–Crippen LogP) is 4.46. The molecule has 11 nitrogen and oxygen atoms in total. The number of aromatic nitrogens is 3. The fraction of sp³-hybridized carbons (Fsp3) is 0.276. The van der Waals surface area contributed by atoms with Crippen LogP contribution in [0.3, 0.4) is 0 Å². The van der Waals surface area contributed by atoms with Gasteiger partial charge in [0.1, 0.15) is 23.2 Å². The fourth-order valence-electron chi connectivity index (χ4n) is 4.44. The van der Waals surface area contributed by atoms with E-state index in [1.807, 2.05) is 30.7 Å². The SMILES string of the molecule is CCOC(=O)CCN(C(=O)c1ccc2c(c1)nc(C(C)Nc1ccc(C(=N)N)cc1OC)n2C)c1ccccn1.Cl. The Morgan fingerprint density at radius 1 is 1.15 bits per heavy atom. The fourth-order valence-corrected chi connectivity index (χ4v) is 4.44. The van der Waals surface area contributed by atoms with Crippen molar-refractivity contribution in [1.29, 1.82) is 5.41 Å². The van der Waals surface area contributed by atoms with Crippen LogP contribution in [0.2, 0.25) is 0 Å². The lowest BCUT2D eigenvalue weighted by molar-refractivity contribution is -0.142. The number of rotatable bonds is 11. The van der Waals surface area contributed by atoms with Crippen molar-refractivity contribution in [3.8, 4) is 5.75 Å². The van der Waals surface area contributed by atoms with Crippen LogP contribution in [0.25, 0.3) is 11.0 Å². The number of esters is 1. The van der Waals surface area contributed by atoms with E-state index in [0.29, 0.717) is 28.2 Å². The second-order valence-electron chi connectivity index (χ2n) is 9.13. The first-order chi connectivity index (χ1) is 19.2. The number of ether oxygens (including phenoxy) is 2. The van der Waals surface area contributed by atoms with Crippen LogP contribution in [0.15, 0.2) is 60.8 Å². The van der Waals surface area contributed by atoms with E-state index in [4.69, 9.17) is 25.6 Å². The number of carbonyl (C=O) groups is 2. The Hall–Kier alpha value is -4.64. The molecule has 1 amide bonds. The quantitative estimate of drug-likeness (QED) is 0.134. The van der Waals surface area contributed by atoms with Crippen molar-refractivity contribution in [3.05, 3.63) is 77.7 Å². The molecule has 0 bridgehead atoms. The molecule has 1 unspecified atom stereocenters. The summed E-state index contributed by atoms with van der Waals surface area (Å²) in [6.45, 7) is 4.13. The molecule has 0 radical (unpaired) electrons. The average Bonchev–Trinajstić information content (AvgIpc) is 3.29. The minimum atomic E-state index is -0.380. The molecule has 4 aromatic rings. The summed E-state index contributed by atoms with van der Waals surface area (Å²) in [7, 11) is 3.48. The molecule has 216 valence electrons. The molecule has 0 aliphatic rings. The molecule has 1 atom stereocenters. The van der Waals surface area contributed by atoms with Crippen LogP contribution in [0, 0.1) is 5.41 Å². The number of hydrogen-bond donors (Lipinski definition) is 3. The number of halogens is 1. The first-order valence-electron chi connectivity index (χ1n) is 12.9. The van der Waals surface area contributed by atoms with Gasteiger partial charge in [0.2, 0.25) is 0 Å². The number of nitrogen functional groups attached to an aromatic ring is 1. The third-order valence-electron chi connectivity index (χ3n) is 6.45. The maximum Gasteiger partial charge on any atom is 0.307 e. The van der Waals surface area contributed by atoms with E-state index in [2.05, 4.69) is 10.3 Å². The van der Waals surface area contributed by atoms with Crippen molar-refractivity contribution in [2.24, 2.45) is 12.8 Å². The molecule has 12 heteroatoms. The number of nitrogens with zero attached hydrogens (tertiary/aromatic N) is 4. The van der Waals surface area contributed by atoms with Crippen LogP contribution in [0.1, 0.15) is 48.1 Å². The molecule has 0 aliphatic carbocycles. The number of hydrogen-bond acceptors (Lipinski definition) is 8. The number of aryl methyl sites for hydroxylation is 1. The third-order valence-corrected chi connectivity index (χ3v) is 6.45. The standard InChI is InChI=1S/C29H33N7O4.ClH/c1-5-40-26(37)13-15-36(25-8-6-7-14-32-25)29(38)20-10-12-23-22(16-20)34-28(35(23)3)18(2)33-21-11-9-19(27(30)31)17-24(21)39-4;/h6-12,14,16-18,33H,5,13,15H2,1-4H3,(H3,30,31);1H. The molecule has 2 aromatic carbocycles. The highest BCUT2D eigenvalue weighted by Gasteiger charge is 2.22. The van der Waals surface area contributed by atoms with Crippen molar-refractivity contribution in [2.45, 2.75) is 26.3 Å². The Kier molecular flexibility index (Phi) is 10.3. The van der Waals surface area contributed by atoms with Crippen LogP contribution in [0.5, 0.6) is 5.75 Å². The highest BCUT2D eigenvalue weighted by atomic mass is 35.5. The van der Waals surface area contributed by atoms with Gasteiger partial charge in [0.05, 0.1) is 42.9 Å². The lowest BCUT2D eigenvalue weighted by atomic mass is 10.1. The van der Waals surface area contributed by atoms with Crippen LogP contribution in [0.4, 0.5) is 11.5 Å². The van der Waals surface area contributed by atoms with Crippen molar-refractivity contribution >= 4 is 52.7 Å². The molecule has 41 heavy (non-hydrogen) atoms. The summed E-state index contributed by atoms with van der Waals surface area (Å²) in [4.78, 5) is 36.3. The number of nitrogens with two attached hydrogens (primary N) is 1. The maximum atomic E-state index is 13.6. The number of methoxy groups -OCH3 is 1. The highest BCUT2D eigenvalue weighted by molar-refractivity contribution is 6.07. The van der Waals surface area contributed by atoms with Gasteiger partial charge in [-0.1, -0.05) is 6.07 Å². The number of nitrogens with one attached hydrogen (secondary N) is 2. The van der Waals surface area contributed by atoms with Gasteiger partial charge in [-0.25, -0.2) is 9.97 Å². The highest BCUT2D eigenvalue weighted by Crippen LogP contribution is 2.30. The minimum Gasteiger partial charge on any atom is -0.495 e. The van der Waals surface area contributed by atoms with Crippen molar-refractivity contribution in [1.82, 2.24) is 14.5 Å². The summed E-state index contributed by atoms with van der Waals surface area (Å²) in [5, 5.41) is 11.1. The number of imidazole rings is 1. The lowest BCUT2D eigenvalue weighted by Gasteiger charge is -2.21. The Labute approximate surface area is 244 Å². The number of amides is 1. The van der Waals surface area contributed by atoms with E-state index in [0.717, 1.165) is 17.0 Å². The van der Waals surface area contributed by atoms with Crippen LogP contribution in [-0.2, 0) is 16.6 Å². The van der Waals surface area contributed by atoms with E-state index < -0.39 is 0 Å². The van der Waals surface area contributed by atoms with Crippen LogP contribution >= 0.6 is 12.4 Å². The topological polar surface area (TPSA) is 148 Å². The van der Waals surface area contributed by atoms with E-state index in [-0.39, 0.29) is 55.7 Å². The molecule has 0 fully saturated rings. The monoisotopic (exact) mass is 579 g/mol. The van der Waals surface area contributed by atoms with E-state index in [1.165, 1.54) is 4.90 Å². The van der Waals surface area contributed by atoms with Crippen LogP contribution in [-0.4, -0.2) is 52.5 Å². The first kappa shape index (κ1) is 30.9. The second-order valence-corrected chi connectivity index (χ2v) is 9.13. The van der Waals surface area contributed by atoms with E-state index in [9.17, 15) is 9.59 Å². The predicted molar refractivity (Wildman–Crippen MR) is 161 cm³/mol. The smallest absolute Gasteiger partial charge is 0.307 e. The van der Waals surface area contributed by atoms with Gasteiger partial charge < -0.3 is 25.1 Å². The zero-order valence-corrected chi connectivity index (χ0v) is 24.2. The zero-order chi connectivity index (χ0) is 28.8.